The molecular formula is C15H21NO4. The van der Waals surface area contributed by atoms with Crippen molar-refractivity contribution >= 4 is 11.9 Å². The standard InChI is InChI=1S/C15H21NO4/c1-15(2,3)20-14(19)12(16)9-11(13(17)18)10-7-5-4-6-8-10/h4-8,11-12H,9,16H2,1-3H3,(H,17,18). The lowest BCUT2D eigenvalue weighted by molar-refractivity contribution is -0.156. The van der Waals surface area contributed by atoms with Gasteiger partial charge in [0.2, 0.25) is 0 Å². The van der Waals surface area contributed by atoms with Crippen LogP contribution in [-0.4, -0.2) is 28.7 Å². The third-order valence-corrected chi connectivity index (χ3v) is 2.70. The van der Waals surface area contributed by atoms with Gasteiger partial charge < -0.3 is 15.6 Å². The fraction of sp³-hybridized carbons (Fsp3) is 0.467. The average molecular weight is 279 g/mol. The van der Waals surface area contributed by atoms with Crippen molar-refractivity contribution in [2.45, 2.75) is 44.8 Å². The topological polar surface area (TPSA) is 89.6 Å². The minimum atomic E-state index is -1.00. The first kappa shape index (κ1) is 16.2. The molecule has 0 saturated carbocycles. The summed E-state index contributed by atoms with van der Waals surface area (Å²) in [6.45, 7) is 5.22. The van der Waals surface area contributed by atoms with Crippen molar-refractivity contribution in [2.24, 2.45) is 5.73 Å². The largest absolute Gasteiger partial charge is 0.481 e. The van der Waals surface area contributed by atoms with Gasteiger partial charge in [-0.15, -0.1) is 0 Å². The lowest BCUT2D eigenvalue weighted by Crippen LogP contribution is -2.39. The van der Waals surface area contributed by atoms with Crippen LogP contribution >= 0.6 is 0 Å². The smallest absolute Gasteiger partial charge is 0.323 e. The van der Waals surface area contributed by atoms with E-state index in [2.05, 4.69) is 0 Å². The Morgan fingerprint density at radius 1 is 1.25 bits per heavy atom. The van der Waals surface area contributed by atoms with Gasteiger partial charge in [0.1, 0.15) is 11.6 Å². The number of ether oxygens (including phenoxy) is 1. The Bertz CT molecular complexity index is 465. The van der Waals surface area contributed by atoms with Crippen molar-refractivity contribution in [3.8, 4) is 0 Å². The molecule has 1 rings (SSSR count). The number of carboxylic acids is 1. The molecule has 1 aromatic rings. The van der Waals surface area contributed by atoms with Crippen LogP contribution in [0.15, 0.2) is 30.3 Å². The molecule has 0 aromatic heterocycles. The first-order chi connectivity index (χ1) is 9.20. The molecule has 0 saturated heterocycles. The van der Waals surface area contributed by atoms with Crippen molar-refractivity contribution in [1.29, 1.82) is 0 Å². The van der Waals surface area contributed by atoms with Crippen LogP contribution in [0.3, 0.4) is 0 Å². The summed E-state index contributed by atoms with van der Waals surface area (Å²) in [6, 6.07) is 7.77. The van der Waals surface area contributed by atoms with Crippen molar-refractivity contribution < 1.29 is 19.4 Å². The van der Waals surface area contributed by atoms with Gasteiger partial charge in [-0.25, -0.2) is 0 Å². The van der Waals surface area contributed by atoms with Gasteiger partial charge in [-0.2, -0.15) is 0 Å². The zero-order chi connectivity index (χ0) is 15.3. The number of benzene rings is 1. The molecule has 5 nitrogen and oxygen atoms in total. The van der Waals surface area contributed by atoms with E-state index in [4.69, 9.17) is 10.5 Å². The molecule has 3 N–H and O–H groups in total. The molecule has 2 atom stereocenters. The Balaban J connectivity index is 2.77. The zero-order valence-corrected chi connectivity index (χ0v) is 12.0. The molecule has 5 heteroatoms. The Morgan fingerprint density at radius 2 is 1.80 bits per heavy atom. The van der Waals surface area contributed by atoms with Gasteiger partial charge in [-0.3, -0.25) is 9.59 Å². The quantitative estimate of drug-likeness (QED) is 0.804. The Labute approximate surface area is 118 Å². The summed E-state index contributed by atoms with van der Waals surface area (Å²) in [6.07, 6.45) is 0.00819. The van der Waals surface area contributed by atoms with E-state index in [9.17, 15) is 14.7 Å². The monoisotopic (exact) mass is 279 g/mol. The fourth-order valence-electron chi connectivity index (χ4n) is 1.79. The van der Waals surface area contributed by atoms with Crippen LogP contribution in [-0.2, 0) is 14.3 Å². The molecule has 0 heterocycles. The number of aliphatic carboxylic acids is 1. The number of carboxylic acid groups (broad SMARTS) is 1. The van der Waals surface area contributed by atoms with Gasteiger partial charge in [0, 0.05) is 0 Å². The molecule has 0 aliphatic carbocycles. The molecule has 20 heavy (non-hydrogen) atoms. The Hall–Kier alpha value is -1.88. The first-order valence-corrected chi connectivity index (χ1v) is 6.47. The van der Waals surface area contributed by atoms with Crippen molar-refractivity contribution in [3.05, 3.63) is 35.9 Å². The van der Waals surface area contributed by atoms with Crippen molar-refractivity contribution in [1.82, 2.24) is 0 Å². The maximum absolute atomic E-state index is 11.8. The molecule has 0 fully saturated rings. The molecule has 2 unspecified atom stereocenters. The Kier molecular flexibility index (Phi) is 5.27. The summed E-state index contributed by atoms with van der Waals surface area (Å²) >= 11 is 0. The predicted molar refractivity (Wildman–Crippen MR) is 75.3 cm³/mol. The first-order valence-electron chi connectivity index (χ1n) is 6.47. The van der Waals surface area contributed by atoms with Crippen LogP contribution < -0.4 is 5.73 Å². The van der Waals surface area contributed by atoms with E-state index in [1.807, 2.05) is 0 Å². The van der Waals surface area contributed by atoms with Gasteiger partial charge in [0.05, 0.1) is 5.92 Å². The van der Waals surface area contributed by atoms with E-state index < -0.39 is 29.5 Å². The highest BCUT2D eigenvalue weighted by atomic mass is 16.6. The highest BCUT2D eigenvalue weighted by molar-refractivity contribution is 5.80. The number of nitrogens with two attached hydrogens (primary N) is 1. The number of carbonyl (C=O) groups is 2. The number of esters is 1. The molecule has 0 aliphatic heterocycles. The van der Waals surface area contributed by atoms with E-state index in [0.717, 1.165) is 0 Å². The lowest BCUT2D eigenvalue weighted by Gasteiger charge is -2.23. The van der Waals surface area contributed by atoms with Crippen LogP contribution in [0.2, 0.25) is 0 Å². The lowest BCUT2D eigenvalue weighted by atomic mass is 9.92. The summed E-state index contributed by atoms with van der Waals surface area (Å²) in [7, 11) is 0. The van der Waals surface area contributed by atoms with Crippen LogP contribution in [0.4, 0.5) is 0 Å². The maximum atomic E-state index is 11.8. The fourth-order valence-corrected chi connectivity index (χ4v) is 1.79. The molecule has 110 valence electrons. The summed E-state index contributed by atoms with van der Waals surface area (Å²) in [4.78, 5) is 23.1. The Morgan fingerprint density at radius 3 is 2.25 bits per heavy atom. The molecule has 0 amide bonds. The van der Waals surface area contributed by atoms with E-state index in [0.29, 0.717) is 5.56 Å². The molecule has 1 aromatic carbocycles. The number of rotatable bonds is 5. The van der Waals surface area contributed by atoms with E-state index in [1.165, 1.54) is 0 Å². The number of carbonyl (C=O) groups excluding carboxylic acids is 1. The van der Waals surface area contributed by atoms with Crippen LogP contribution in [0.5, 0.6) is 0 Å². The van der Waals surface area contributed by atoms with Crippen LogP contribution in [0, 0.1) is 0 Å². The molecule has 0 spiro atoms. The van der Waals surface area contributed by atoms with Crippen molar-refractivity contribution in [2.75, 3.05) is 0 Å². The highest BCUT2D eigenvalue weighted by Crippen LogP contribution is 2.22. The van der Waals surface area contributed by atoms with E-state index >= 15 is 0 Å². The second kappa shape index (κ2) is 6.52. The van der Waals surface area contributed by atoms with Gasteiger partial charge in [-0.05, 0) is 32.8 Å². The van der Waals surface area contributed by atoms with Gasteiger partial charge in [0.25, 0.3) is 0 Å². The second-order valence-electron chi connectivity index (χ2n) is 5.68. The summed E-state index contributed by atoms with van der Waals surface area (Å²) in [5, 5.41) is 9.28. The SMILES string of the molecule is CC(C)(C)OC(=O)C(N)CC(C(=O)O)c1ccccc1. The molecule has 0 bridgehead atoms. The second-order valence-corrected chi connectivity index (χ2v) is 5.68. The zero-order valence-electron chi connectivity index (χ0n) is 12.0. The summed E-state index contributed by atoms with van der Waals surface area (Å²) in [5.74, 6) is -2.41. The third kappa shape index (κ3) is 5.01. The van der Waals surface area contributed by atoms with Crippen molar-refractivity contribution in [3.63, 3.8) is 0 Å². The third-order valence-electron chi connectivity index (χ3n) is 2.70. The summed E-state index contributed by atoms with van der Waals surface area (Å²) in [5.41, 5.74) is 5.75. The van der Waals surface area contributed by atoms with Gasteiger partial charge >= 0.3 is 11.9 Å². The minimum absolute atomic E-state index is 0.00819. The molecule has 0 aliphatic rings. The van der Waals surface area contributed by atoms with Gasteiger partial charge in [-0.1, -0.05) is 30.3 Å². The number of hydrogen-bond acceptors (Lipinski definition) is 4. The van der Waals surface area contributed by atoms with Gasteiger partial charge in [0.15, 0.2) is 0 Å². The predicted octanol–water partition coefficient (Wildman–Crippen LogP) is 1.91. The average Bonchev–Trinajstić information content (AvgIpc) is 2.34. The van der Waals surface area contributed by atoms with E-state index in [1.54, 1.807) is 51.1 Å². The molecule has 0 radical (unpaired) electrons. The normalized spacial score (nSPS) is 14.4. The highest BCUT2D eigenvalue weighted by Gasteiger charge is 2.28. The van der Waals surface area contributed by atoms with Crippen LogP contribution in [0.25, 0.3) is 0 Å². The minimum Gasteiger partial charge on any atom is -0.481 e. The number of hydrogen-bond donors (Lipinski definition) is 2. The van der Waals surface area contributed by atoms with E-state index in [-0.39, 0.29) is 6.42 Å². The maximum Gasteiger partial charge on any atom is 0.323 e. The molecular weight excluding hydrogens is 258 g/mol. The van der Waals surface area contributed by atoms with Crippen LogP contribution in [0.1, 0.15) is 38.7 Å². The summed E-state index contributed by atoms with van der Waals surface area (Å²) < 4.78 is 5.16.